The summed E-state index contributed by atoms with van der Waals surface area (Å²) in [7, 11) is 0. The second kappa shape index (κ2) is 8.69. The monoisotopic (exact) mass is 380 g/mol. The van der Waals surface area contributed by atoms with Crippen LogP contribution in [-0.2, 0) is 27.2 Å². The van der Waals surface area contributed by atoms with Gasteiger partial charge in [-0.3, -0.25) is 9.59 Å². The molecule has 1 atom stereocenters. The fraction of sp³-hybridized carbons (Fsp3) is 0.318. The summed E-state index contributed by atoms with van der Waals surface area (Å²) in [6, 6.07) is 12.3. The number of hydrogen-bond donors (Lipinski definition) is 2. The summed E-state index contributed by atoms with van der Waals surface area (Å²) in [5, 5.41) is 5.35. The first kappa shape index (κ1) is 19.6. The summed E-state index contributed by atoms with van der Waals surface area (Å²) >= 11 is 0. The van der Waals surface area contributed by atoms with Gasteiger partial charge < -0.3 is 15.4 Å². The van der Waals surface area contributed by atoms with Gasteiger partial charge in [0.2, 0.25) is 5.91 Å². The van der Waals surface area contributed by atoms with Crippen molar-refractivity contribution < 1.29 is 19.1 Å². The Hall–Kier alpha value is -3.15. The highest BCUT2D eigenvalue weighted by atomic mass is 16.5. The number of rotatable bonds is 5. The highest BCUT2D eigenvalue weighted by molar-refractivity contribution is 5.97. The first-order valence-electron chi connectivity index (χ1n) is 9.43. The molecule has 2 N–H and O–H groups in total. The van der Waals surface area contributed by atoms with Crippen LogP contribution < -0.4 is 10.6 Å². The van der Waals surface area contributed by atoms with Gasteiger partial charge in [-0.25, -0.2) is 4.79 Å². The van der Waals surface area contributed by atoms with Crippen LogP contribution in [0.3, 0.4) is 0 Å². The lowest BCUT2D eigenvalue weighted by molar-refractivity contribution is -0.123. The Morgan fingerprint density at radius 3 is 2.14 bits per heavy atom. The van der Waals surface area contributed by atoms with Crippen LogP contribution in [0.25, 0.3) is 0 Å². The van der Waals surface area contributed by atoms with Crippen LogP contribution in [0.2, 0.25) is 0 Å². The van der Waals surface area contributed by atoms with E-state index in [1.54, 1.807) is 30.3 Å². The fourth-order valence-electron chi connectivity index (χ4n) is 3.23. The molecule has 0 spiro atoms. The van der Waals surface area contributed by atoms with E-state index in [0.717, 1.165) is 19.3 Å². The van der Waals surface area contributed by atoms with Crippen molar-refractivity contribution in [3.8, 4) is 0 Å². The minimum atomic E-state index is -0.932. The number of benzene rings is 2. The number of esters is 1. The molecule has 0 aliphatic heterocycles. The number of anilines is 2. The largest absolute Gasteiger partial charge is 0.449 e. The van der Waals surface area contributed by atoms with E-state index in [4.69, 9.17) is 4.74 Å². The maximum Gasteiger partial charge on any atom is 0.338 e. The van der Waals surface area contributed by atoms with Crippen LogP contribution in [0.1, 0.15) is 48.2 Å². The Bertz CT molecular complexity index is 890. The van der Waals surface area contributed by atoms with Gasteiger partial charge in [0.15, 0.2) is 6.10 Å². The predicted molar refractivity (Wildman–Crippen MR) is 107 cm³/mol. The topological polar surface area (TPSA) is 84.5 Å². The number of aryl methyl sites for hydroxylation is 2. The summed E-state index contributed by atoms with van der Waals surface area (Å²) < 4.78 is 5.33. The highest BCUT2D eigenvalue weighted by Gasteiger charge is 2.20. The van der Waals surface area contributed by atoms with Crippen molar-refractivity contribution in [3.63, 3.8) is 0 Å². The molecule has 2 aromatic carbocycles. The zero-order valence-electron chi connectivity index (χ0n) is 16.1. The molecule has 6 nitrogen and oxygen atoms in total. The molecule has 1 aliphatic rings. The van der Waals surface area contributed by atoms with Gasteiger partial charge in [0.25, 0.3) is 5.91 Å². The first-order valence-corrected chi connectivity index (χ1v) is 9.43. The third kappa shape index (κ3) is 4.97. The second-order valence-corrected chi connectivity index (χ2v) is 6.99. The summed E-state index contributed by atoms with van der Waals surface area (Å²) in [5.74, 6) is -1.09. The molecular weight excluding hydrogens is 356 g/mol. The van der Waals surface area contributed by atoms with Gasteiger partial charge in [0, 0.05) is 18.3 Å². The van der Waals surface area contributed by atoms with E-state index < -0.39 is 18.0 Å². The number of hydrogen-bond acceptors (Lipinski definition) is 4. The molecule has 0 unspecified atom stereocenters. The fourth-order valence-corrected chi connectivity index (χ4v) is 3.23. The van der Waals surface area contributed by atoms with Crippen molar-refractivity contribution >= 4 is 29.2 Å². The third-order valence-electron chi connectivity index (χ3n) is 4.71. The maximum atomic E-state index is 12.4. The van der Waals surface area contributed by atoms with Gasteiger partial charge in [-0.05, 0) is 80.1 Å². The summed E-state index contributed by atoms with van der Waals surface area (Å²) in [5.41, 5.74) is 4.14. The SMILES string of the molecule is CC(=O)Nc1ccc(NC(=O)[C@@H](C)OC(=O)c2ccc3c(c2)CCCC3)cc1. The molecule has 0 saturated heterocycles. The van der Waals surface area contributed by atoms with Crippen molar-refractivity contribution in [3.05, 3.63) is 59.2 Å². The standard InChI is InChI=1S/C22H24N2O4/c1-14(21(26)24-20-11-9-19(10-12-20)23-15(2)25)28-22(27)18-8-7-16-5-3-4-6-17(16)13-18/h7-14H,3-6H2,1-2H3,(H,23,25)(H,24,26)/t14-/m1/s1. The molecular formula is C22H24N2O4. The molecule has 0 radical (unpaired) electrons. The minimum absolute atomic E-state index is 0.167. The summed E-state index contributed by atoms with van der Waals surface area (Å²) in [6.45, 7) is 2.96. The molecule has 0 fully saturated rings. The van der Waals surface area contributed by atoms with Crippen molar-refractivity contribution in [2.45, 2.75) is 45.6 Å². The average molecular weight is 380 g/mol. The zero-order valence-corrected chi connectivity index (χ0v) is 16.1. The summed E-state index contributed by atoms with van der Waals surface area (Å²) in [6.07, 6.45) is 3.40. The highest BCUT2D eigenvalue weighted by Crippen LogP contribution is 2.23. The normalized spacial score (nSPS) is 13.8. The van der Waals surface area contributed by atoms with Gasteiger partial charge in [-0.1, -0.05) is 6.07 Å². The van der Waals surface area contributed by atoms with Gasteiger partial charge in [0.05, 0.1) is 5.56 Å². The van der Waals surface area contributed by atoms with Crippen molar-refractivity contribution in [2.24, 2.45) is 0 Å². The van der Waals surface area contributed by atoms with Crippen LogP contribution in [-0.4, -0.2) is 23.9 Å². The molecule has 6 heteroatoms. The van der Waals surface area contributed by atoms with Gasteiger partial charge in [-0.2, -0.15) is 0 Å². The van der Waals surface area contributed by atoms with Gasteiger partial charge in [-0.15, -0.1) is 0 Å². The smallest absolute Gasteiger partial charge is 0.338 e. The van der Waals surface area contributed by atoms with Crippen LogP contribution in [0.4, 0.5) is 11.4 Å². The van der Waals surface area contributed by atoms with E-state index in [1.165, 1.54) is 31.4 Å². The van der Waals surface area contributed by atoms with Crippen molar-refractivity contribution in [2.75, 3.05) is 10.6 Å². The Labute approximate surface area is 164 Å². The van der Waals surface area contributed by atoms with Crippen molar-refractivity contribution in [1.82, 2.24) is 0 Å². The zero-order chi connectivity index (χ0) is 20.1. The Morgan fingerprint density at radius 2 is 1.50 bits per heavy atom. The molecule has 28 heavy (non-hydrogen) atoms. The number of ether oxygens (including phenoxy) is 1. The lowest BCUT2D eigenvalue weighted by Crippen LogP contribution is -2.30. The Balaban J connectivity index is 1.57. The number of fused-ring (bicyclic) bond motifs is 1. The van der Waals surface area contributed by atoms with Crippen LogP contribution in [0, 0.1) is 0 Å². The average Bonchev–Trinajstić information content (AvgIpc) is 2.68. The van der Waals surface area contributed by atoms with Crippen LogP contribution >= 0.6 is 0 Å². The van der Waals surface area contributed by atoms with E-state index in [2.05, 4.69) is 10.6 Å². The van der Waals surface area contributed by atoms with E-state index in [1.807, 2.05) is 12.1 Å². The van der Waals surface area contributed by atoms with Crippen molar-refractivity contribution in [1.29, 1.82) is 0 Å². The number of nitrogens with one attached hydrogen (secondary N) is 2. The van der Waals surface area contributed by atoms with Gasteiger partial charge in [0.1, 0.15) is 0 Å². The molecule has 0 saturated carbocycles. The summed E-state index contributed by atoms with van der Waals surface area (Å²) in [4.78, 5) is 35.8. The first-order chi connectivity index (χ1) is 13.4. The molecule has 1 aliphatic carbocycles. The number of carbonyl (C=O) groups is 3. The molecule has 0 heterocycles. The Morgan fingerprint density at radius 1 is 0.893 bits per heavy atom. The lowest BCUT2D eigenvalue weighted by Gasteiger charge is -2.17. The van der Waals surface area contributed by atoms with Crippen LogP contribution in [0.5, 0.6) is 0 Å². The minimum Gasteiger partial charge on any atom is -0.449 e. The molecule has 146 valence electrons. The molecule has 0 bridgehead atoms. The number of carbonyl (C=O) groups excluding carboxylic acids is 3. The van der Waals surface area contributed by atoms with E-state index >= 15 is 0 Å². The molecule has 3 rings (SSSR count). The van der Waals surface area contributed by atoms with E-state index in [9.17, 15) is 14.4 Å². The Kier molecular flexibility index (Phi) is 6.09. The predicted octanol–water partition coefficient (Wildman–Crippen LogP) is 3.71. The molecule has 2 amide bonds. The third-order valence-corrected chi connectivity index (χ3v) is 4.71. The van der Waals surface area contributed by atoms with Gasteiger partial charge >= 0.3 is 5.97 Å². The number of amides is 2. The van der Waals surface area contributed by atoms with E-state index in [0.29, 0.717) is 16.9 Å². The van der Waals surface area contributed by atoms with E-state index in [-0.39, 0.29) is 5.91 Å². The molecule has 0 aromatic heterocycles. The lowest BCUT2D eigenvalue weighted by atomic mass is 9.90. The van der Waals surface area contributed by atoms with Crippen LogP contribution in [0.15, 0.2) is 42.5 Å². The quantitative estimate of drug-likeness (QED) is 0.775. The second-order valence-electron chi connectivity index (χ2n) is 6.99. The molecule has 2 aromatic rings. The maximum absolute atomic E-state index is 12.4.